The second-order valence-electron chi connectivity index (χ2n) is 5.06. The zero-order valence-electron chi connectivity index (χ0n) is 11.5. The molecule has 1 aliphatic heterocycles. The van der Waals surface area contributed by atoms with Crippen molar-refractivity contribution in [1.29, 1.82) is 0 Å². The van der Waals surface area contributed by atoms with Gasteiger partial charge in [0.1, 0.15) is 5.75 Å². The summed E-state index contributed by atoms with van der Waals surface area (Å²) >= 11 is 0. The molecule has 2 rings (SSSR count). The van der Waals surface area contributed by atoms with Crippen LogP contribution < -0.4 is 10.1 Å². The van der Waals surface area contributed by atoms with Gasteiger partial charge in [0, 0.05) is 19.1 Å². The Morgan fingerprint density at radius 3 is 3.06 bits per heavy atom. The van der Waals surface area contributed by atoms with Crippen LogP contribution >= 0.6 is 0 Å². The summed E-state index contributed by atoms with van der Waals surface area (Å²) in [5.41, 5.74) is 1.33. The summed E-state index contributed by atoms with van der Waals surface area (Å²) in [4.78, 5) is 2.43. The summed E-state index contributed by atoms with van der Waals surface area (Å²) < 4.78 is 5.67. The van der Waals surface area contributed by atoms with E-state index in [0.29, 0.717) is 6.04 Å². The van der Waals surface area contributed by atoms with Crippen molar-refractivity contribution in [1.82, 2.24) is 10.2 Å². The van der Waals surface area contributed by atoms with E-state index in [9.17, 15) is 0 Å². The number of nitrogens with zero attached hydrogens (tertiary/aromatic N) is 1. The molecular formula is C15H24N2O. The van der Waals surface area contributed by atoms with Gasteiger partial charge in [-0.1, -0.05) is 19.1 Å². The van der Waals surface area contributed by atoms with Gasteiger partial charge in [0.05, 0.1) is 6.61 Å². The van der Waals surface area contributed by atoms with Crippen molar-refractivity contribution >= 4 is 0 Å². The van der Waals surface area contributed by atoms with Gasteiger partial charge in [-0.3, -0.25) is 4.90 Å². The Morgan fingerprint density at radius 2 is 2.33 bits per heavy atom. The topological polar surface area (TPSA) is 24.5 Å². The van der Waals surface area contributed by atoms with Crippen LogP contribution in [0.25, 0.3) is 0 Å². The van der Waals surface area contributed by atoms with Gasteiger partial charge in [-0.25, -0.2) is 0 Å². The van der Waals surface area contributed by atoms with Crippen LogP contribution in [0.4, 0.5) is 0 Å². The maximum atomic E-state index is 5.67. The molecule has 0 spiro atoms. The Kier molecular flexibility index (Phi) is 5.02. The van der Waals surface area contributed by atoms with E-state index < -0.39 is 0 Å². The van der Waals surface area contributed by atoms with Gasteiger partial charge in [-0.05, 0) is 44.1 Å². The van der Waals surface area contributed by atoms with Crippen LogP contribution in [0, 0.1) is 0 Å². The third kappa shape index (κ3) is 3.72. The summed E-state index contributed by atoms with van der Waals surface area (Å²) in [6, 6.07) is 9.13. The van der Waals surface area contributed by atoms with E-state index in [0.717, 1.165) is 38.4 Å². The van der Waals surface area contributed by atoms with Crippen LogP contribution in [-0.2, 0) is 6.54 Å². The first-order valence-corrected chi connectivity index (χ1v) is 6.92. The molecule has 0 aromatic heterocycles. The number of benzene rings is 1. The fourth-order valence-corrected chi connectivity index (χ4v) is 2.39. The zero-order chi connectivity index (χ0) is 12.8. The minimum atomic E-state index is 0.671. The predicted molar refractivity (Wildman–Crippen MR) is 75.0 cm³/mol. The minimum Gasteiger partial charge on any atom is -0.494 e. The van der Waals surface area contributed by atoms with Crippen molar-refractivity contribution in [2.24, 2.45) is 0 Å². The number of likely N-dealkylation sites (N-methyl/N-ethyl adjacent to an activating group) is 1. The monoisotopic (exact) mass is 248 g/mol. The molecule has 1 aliphatic rings. The van der Waals surface area contributed by atoms with Gasteiger partial charge >= 0.3 is 0 Å². The lowest BCUT2D eigenvalue weighted by molar-refractivity contribution is 0.248. The van der Waals surface area contributed by atoms with Gasteiger partial charge in [0.15, 0.2) is 0 Å². The molecule has 0 bridgehead atoms. The van der Waals surface area contributed by atoms with Crippen LogP contribution in [0.5, 0.6) is 5.75 Å². The lowest BCUT2D eigenvalue weighted by Crippen LogP contribution is -2.32. The fourth-order valence-electron chi connectivity index (χ4n) is 2.39. The Labute approximate surface area is 110 Å². The molecule has 0 aliphatic carbocycles. The predicted octanol–water partition coefficient (Wildman–Crippen LogP) is 2.27. The van der Waals surface area contributed by atoms with E-state index in [1.165, 1.54) is 12.0 Å². The zero-order valence-corrected chi connectivity index (χ0v) is 11.5. The maximum absolute atomic E-state index is 5.67. The minimum absolute atomic E-state index is 0.671. The van der Waals surface area contributed by atoms with Gasteiger partial charge < -0.3 is 10.1 Å². The van der Waals surface area contributed by atoms with Gasteiger partial charge in [0.2, 0.25) is 0 Å². The molecule has 1 aromatic carbocycles. The fraction of sp³-hybridized carbons (Fsp3) is 0.600. The van der Waals surface area contributed by atoms with Crippen LogP contribution in [-0.4, -0.2) is 37.7 Å². The summed E-state index contributed by atoms with van der Waals surface area (Å²) in [6.07, 6.45) is 2.31. The largest absolute Gasteiger partial charge is 0.494 e. The Bertz CT molecular complexity index is 361. The molecule has 1 N–H and O–H groups in total. The van der Waals surface area contributed by atoms with Crippen LogP contribution in [0.1, 0.15) is 25.3 Å². The number of hydrogen-bond acceptors (Lipinski definition) is 3. The summed E-state index contributed by atoms with van der Waals surface area (Å²) in [6.45, 7) is 6.18. The maximum Gasteiger partial charge on any atom is 0.119 e. The molecule has 1 unspecified atom stereocenters. The highest BCUT2D eigenvalue weighted by Crippen LogP contribution is 2.17. The molecule has 3 nitrogen and oxygen atoms in total. The first-order chi connectivity index (χ1) is 8.79. The van der Waals surface area contributed by atoms with Crippen LogP contribution in [0.2, 0.25) is 0 Å². The molecule has 18 heavy (non-hydrogen) atoms. The first-order valence-electron chi connectivity index (χ1n) is 6.92. The lowest BCUT2D eigenvalue weighted by Gasteiger charge is -2.23. The van der Waals surface area contributed by atoms with Gasteiger partial charge in [-0.2, -0.15) is 0 Å². The van der Waals surface area contributed by atoms with E-state index in [4.69, 9.17) is 4.74 Å². The van der Waals surface area contributed by atoms with Gasteiger partial charge in [-0.15, -0.1) is 0 Å². The van der Waals surface area contributed by atoms with Crippen molar-refractivity contribution in [2.45, 2.75) is 32.4 Å². The van der Waals surface area contributed by atoms with Gasteiger partial charge in [0.25, 0.3) is 0 Å². The third-order valence-corrected chi connectivity index (χ3v) is 3.46. The molecule has 1 atom stereocenters. The highest BCUT2D eigenvalue weighted by Gasteiger charge is 2.18. The third-order valence-electron chi connectivity index (χ3n) is 3.46. The smallest absolute Gasteiger partial charge is 0.119 e. The Balaban J connectivity index is 1.91. The molecule has 1 heterocycles. The quantitative estimate of drug-likeness (QED) is 0.836. The highest BCUT2D eigenvalue weighted by atomic mass is 16.5. The van der Waals surface area contributed by atoms with Crippen molar-refractivity contribution in [3.8, 4) is 5.75 Å². The summed E-state index contributed by atoms with van der Waals surface area (Å²) in [7, 11) is 2.21. The number of nitrogens with one attached hydrogen (secondary N) is 1. The molecule has 3 heteroatoms. The van der Waals surface area contributed by atoms with E-state index in [1.54, 1.807) is 0 Å². The second-order valence-corrected chi connectivity index (χ2v) is 5.06. The Hall–Kier alpha value is -1.06. The van der Waals surface area contributed by atoms with Crippen LogP contribution in [0.15, 0.2) is 24.3 Å². The van der Waals surface area contributed by atoms with E-state index in [-0.39, 0.29) is 0 Å². The average Bonchev–Trinajstić information content (AvgIpc) is 2.91. The molecule has 1 aromatic rings. The summed E-state index contributed by atoms with van der Waals surface area (Å²) in [5.74, 6) is 0.993. The number of hydrogen-bond donors (Lipinski definition) is 1. The molecule has 1 fully saturated rings. The van der Waals surface area contributed by atoms with E-state index in [2.05, 4.69) is 42.4 Å². The highest BCUT2D eigenvalue weighted by molar-refractivity contribution is 5.28. The van der Waals surface area contributed by atoms with Crippen LogP contribution in [0.3, 0.4) is 0 Å². The number of ether oxygens (including phenoxy) is 1. The van der Waals surface area contributed by atoms with E-state index in [1.807, 2.05) is 6.07 Å². The second kappa shape index (κ2) is 6.76. The van der Waals surface area contributed by atoms with Crippen molar-refractivity contribution < 1.29 is 4.74 Å². The summed E-state index contributed by atoms with van der Waals surface area (Å²) in [5, 5.41) is 3.41. The SMILES string of the molecule is CCCOc1cccc(CN(C)C2CCNC2)c1. The lowest BCUT2D eigenvalue weighted by atomic mass is 10.1. The number of rotatable bonds is 6. The molecule has 0 saturated carbocycles. The molecule has 1 saturated heterocycles. The van der Waals surface area contributed by atoms with Crippen molar-refractivity contribution in [3.05, 3.63) is 29.8 Å². The first kappa shape index (κ1) is 13.4. The average molecular weight is 248 g/mol. The van der Waals surface area contributed by atoms with Crippen molar-refractivity contribution in [2.75, 3.05) is 26.7 Å². The van der Waals surface area contributed by atoms with E-state index >= 15 is 0 Å². The Morgan fingerprint density at radius 1 is 1.44 bits per heavy atom. The molecule has 0 radical (unpaired) electrons. The normalized spacial score (nSPS) is 19.4. The molecule has 0 amide bonds. The van der Waals surface area contributed by atoms with Crippen molar-refractivity contribution in [3.63, 3.8) is 0 Å². The molecule has 100 valence electrons. The molecular weight excluding hydrogens is 224 g/mol. The standard InChI is InChI=1S/C15H24N2O/c1-3-9-18-15-6-4-5-13(10-15)12-17(2)14-7-8-16-11-14/h4-6,10,14,16H,3,7-9,11-12H2,1-2H3.